The number of nitrogens with zero attached hydrogens (tertiary/aromatic N) is 3. The van der Waals surface area contributed by atoms with Gasteiger partial charge in [-0.25, -0.2) is 9.98 Å². The lowest BCUT2D eigenvalue weighted by molar-refractivity contribution is 0.303. The van der Waals surface area contributed by atoms with Crippen molar-refractivity contribution in [1.29, 1.82) is 0 Å². The highest BCUT2D eigenvalue weighted by molar-refractivity contribution is 6.13. The Kier molecular flexibility index (Phi) is 4.57. The Morgan fingerprint density at radius 2 is 1.83 bits per heavy atom. The van der Waals surface area contributed by atoms with Crippen LogP contribution in [0.1, 0.15) is 25.8 Å². The Morgan fingerprint density at radius 1 is 1.12 bits per heavy atom. The highest BCUT2D eigenvalue weighted by Crippen LogP contribution is 2.24. The van der Waals surface area contributed by atoms with Gasteiger partial charge in [0.25, 0.3) is 0 Å². The molecule has 2 unspecified atom stereocenters. The van der Waals surface area contributed by atoms with Crippen LogP contribution in [0.5, 0.6) is 0 Å². The fourth-order valence-corrected chi connectivity index (χ4v) is 2.44. The molecule has 1 aliphatic heterocycles. The first-order chi connectivity index (χ1) is 11.6. The van der Waals surface area contributed by atoms with Gasteiger partial charge in [-0.05, 0) is 18.6 Å². The van der Waals surface area contributed by atoms with E-state index in [2.05, 4.69) is 34.5 Å². The molecule has 0 amide bonds. The molecule has 1 aromatic heterocycles. The SMILES string of the molecule is CCC(C)C1(N)N=C(Nc2ccncc2)NC(c2ccccc2)=N1. The van der Waals surface area contributed by atoms with Crippen LogP contribution < -0.4 is 16.4 Å². The van der Waals surface area contributed by atoms with Gasteiger partial charge >= 0.3 is 0 Å². The van der Waals surface area contributed by atoms with E-state index in [0.717, 1.165) is 17.7 Å². The van der Waals surface area contributed by atoms with Crippen molar-refractivity contribution in [2.75, 3.05) is 5.32 Å². The molecule has 0 radical (unpaired) electrons. The molecule has 0 spiro atoms. The van der Waals surface area contributed by atoms with E-state index in [4.69, 9.17) is 10.7 Å². The van der Waals surface area contributed by atoms with E-state index in [-0.39, 0.29) is 5.92 Å². The lowest BCUT2D eigenvalue weighted by Gasteiger charge is -2.33. The second-order valence-electron chi connectivity index (χ2n) is 5.87. The van der Waals surface area contributed by atoms with Crippen LogP contribution in [0.3, 0.4) is 0 Å². The highest BCUT2D eigenvalue weighted by atomic mass is 15.4. The van der Waals surface area contributed by atoms with Crippen molar-refractivity contribution in [3.8, 4) is 0 Å². The van der Waals surface area contributed by atoms with Crippen LogP contribution in [-0.4, -0.2) is 22.6 Å². The lowest BCUT2D eigenvalue weighted by Crippen LogP contribution is -2.52. The van der Waals surface area contributed by atoms with Crippen molar-refractivity contribution in [3.05, 3.63) is 60.4 Å². The van der Waals surface area contributed by atoms with E-state index < -0.39 is 5.79 Å². The summed E-state index contributed by atoms with van der Waals surface area (Å²) in [5.41, 5.74) is 8.38. The number of rotatable bonds is 4. The minimum absolute atomic E-state index is 0.104. The van der Waals surface area contributed by atoms with Crippen LogP contribution in [0.4, 0.5) is 5.69 Å². The molecule has 3 rings (SSSR count). The minimum Gasteiger partial charge on any atom is -0.326 e. The summed E-state index contributed by atoms with van der Waals surface area (Å²) in [6.45, 7) is 4.15. The first-order valence-corrected chi connectivity index (χ1v) is 8.09. The van der Waals surface area contributed by atoms with Gasteiger partial charge in [0.05, 0.1) is 0 Å². The number of nitrogens with one attached hydrogen (secondary N) is 2. The summed E-state index contributed by atoms with van der Waals surface area (Å²) in [7, 11) is 0. The number of benzene rings is 1. The summed E-state index contributed by atoms with van der Waals surface area (Å²) in [6.07, 6.45) is 4.33. The monoisotopic (exact) mass is 322 g/mol. The van der Waals surface area contributed by atoms with Crippen LogP contribution in [0.15, 0.2) is 64.8 Å². The summed E-state index contributed by atoms with van der Waals surface area (Å²) in [5.74, 6) is 0.399. The first kappa shape index (κ1) is 16.1. The van der Waals surface area contributed by atoms with Gasteiger partial charge in [-0.15, -0.1) is 0 Å². The van der Waals surface area contributed by atoms with Gasteiger partial charge in [-0.1, -0.05) is 44.2 Å². The Labute approximate surface area is 141 Å². The lowest BCUT2D eigenvalue weighted by atomic mass is 10.0. The number of guanidine groups is 1. The average molecular weight is 322 g/mol. The normalized spacial score (nSPS) is 21.3. The Morgan fingerprint density at radius 3 is 2.50 bits per heavy atom. The second kappa shape index (κ2) is 6.80. The van der Waals surface area contributed by atoms with Crippen molar-refractivity contribution in [3.63, 3.8) is 0 Å². The molecule has 6 nitrogen and oxygen atoms in total. The van der Waals surface area contributed by atoms with Crippen molar-refractivity contribution in [2.24, 2.45) is 21.6 Å². The topological polar surface area (TPSA) is 87.7 Å². The fraction of sp³-hybridized carbons (Fsp3) is 0.278. The van der Waals surface area contributed by atoms with E-state index >= 15 is 0 Å². The number of anilines is 1. The molecular formula is C18H22N6. The standard InChI is InChI=1S/C18H22N6/c1-3-13(2)18(19)23-16(14-7-5-4-6-8-14)22-17(24-18)21-15-9-11-20-12-10-15/h4-13H,3,19H2,1-2H3,(H2,20,21,22,23,24). The maximum atomic E-state index is 6.52. The third kappa shape index (κ3) is 3.44. The molecular weight excluding hydrogens is 300 g/mol. The zero-order valence-corrected chi connectivity index (χ0v) is 13.9. The molecule has 2 aromatic rings. The molecule has 6 heteroatoms. The van der Waals surface area contributed by atoms with Crippen LogP contribution in [-0.2, 0) is 0 Å². The number of aromatic nitrogens is 1. The van der Waals surface area contributed by atoms with E-state index in [1.54, 1.807) is 12.4 Å². The molecule has 24 heavy (non-hydrogen) atoms. The predicted molar refractivity (Wildman–Crippen MR) is 97.8 cm³/mol. The number of hydrogen-bond donors (Lipinski definition) is 3. The summed E-state index contributed by atoms with van der Waals surface area (Å²) in [6, 6.07) is 13.7. The second-order valence-corrected chi connectivity index (χ2v) is 5.87. The molecule has 1 aliphatic rings. The Hall–Kier alpha value is -2.73. The smallest absolute Gasteiger partial charge is 0.210 e. The third-order valence-corrected chi connectivity index (χ3v) is 4.15. The summed E-state index contributed by atoms with van der Waals surface area (Å²) in [5, 5.41) is 6.49. The molecule has 0 bridgehead atoms. The van der Waals surface area contributed by atoms with Crippen LogP contribution in [0.25, 0.3) is 0 Å². The van der Waals surface area contributed by atoms with Gasteiger partial charge in [-0.2, -0.15) is 0 Å². The van der Waals surface area contributed by atoms with Gasteiger partial charge in [0.1, 0.15) is 5.84 Å². The van der Waals surface area contributed by atoms with Crippen LogP contribution in [0, 0.1) is 5.92 Å². The number of hydrogen-bond acceptors (Lipinski definition) is 6. The molecule has 0 fully saturated rings. The maximum Gasteiger partial charge on any atom is 0.210 e. The third-order valence-electron chi connectivity index (χ3n) is 4.15. The van der Waals surface area contributed by atoms with Crippen molar-refractivity contribution in [2.45, 2.75) is 26.1 Å². The molecule has 0 aliphatic carbocycles. The molecule has 4 N–H and O–H groups in total. The van der Waals surface area contributed by atoms with E-state index in [1.807, 2.05) is 42.5 Å². The average Bonchev–Trinajstić information content (AvgIpc) is 2.62. The zero-order valence-electron chi connectivity index (χ0n) is 13.9. The van der Waals surface area contributed by atoms with E-state index in [1.165, 1.54) is 0 Å². The summed E-state index contributed by atoms with van der Waals surface area (Å²) < 4.78 is 0. The molecule has 2 atom stereocenters. The number of amidine groups is 1. The van der Waals surface area contributed by atoms with Crippen LogP contribution >= 0.6 is 0 Å². The molecule has 0 saturated heterocycles. The number of aliphatic imine (C=N–C) groups is 2. The summed E-state index contributed by atoms with van der Waals surface area (Å²) in [4.78, 5) is 13.3. The molecule has 2 heterocycles. The van der Waals surface area contributed by atoms with E-state index in [0.29, 0.717) is 11.8 Å². The predicted octanol–water partition coefficient (Wildman–Crippen LogP) is 2.56. The van der Waals surface area contributed by atoms with Gasteiger partial charge in [0.15, 0.2) is 0 Å². The van der Waals surface area contributed by atoms with Crippen molar-refractivity contribution < 1.29 is 0 Å². The Balaban J connectivity index is 1.95. The van der Waals surface area contributed by atoms with Gasteiger partial charge in [-0.3, -0.25) is 10.7 Å². The number of pyridine rings is 1. The number of nitrogens with two attached hydrogens (primary N) is 1. The van der Waals surface area contributed by atoms with Crippen molar-refractivity contribution in [1.82, 2.24) is 10.3 Å². The van der Waals surface area contributed by atoms with Crippen LogP contribution in [0.2, 0.25) is 0 Å². The van der Waals surface area contributed by atoms with Gasteiger partial charge in [0, 0.05) is 29.6 Å². The fourth-order valence-electron chi connectivity index (χ4n) is 2.44. The highest BCUT2D eigenvalue weighted by Gasteiger charge is 2.34. The largest absolute Gasteiger partial charge is 0.326 e. The molecule has 0 saturated carbocycles. The summed E-state index contributed by atoms with van der Waals surface area (Å²) >= 11 is 0. The quantitative estimate of drug-likeness (QED) is 0.807. The van der Waals surface area contributed by atoms with Crippen molar-refractivity contribution >= 4 is 17.5 Å². The Bertz CT molecular complexity index is 741. The van der Waals surface area contributed by atoms with Gasteiger partial charge in [0.2, 0.25) is 11.7 Å². The molecule has 1 aromatic carbocycles. The zero-order chi connectivity index (χ0) is 17.0. The maximum absolute atomic E-state index is 6.52. The molecule has 124 valence electrons. The minimum atomic E-state index is -0.999. The van der Waals surface area contributed by atoms with E-state index in [9.17, 15) is 0 Å². The van der Waals surface area contributed by atoms with Gasteiger partial charge < -0.3 is 10.6 Å². The first-order valence-electron chi connectivity index (χ1n) is 8.09.